The van der Waals surface area contributed by atoms with Gasteiger partial charge in [-0.2, -0.15) is 0 Å². The van der Waals surface area contributed by atoms with Crippen LogP contribution in [0, 0.1) is 6.92 Å². The first-order chi connectivity index (χ1) is 12.5. The van der Waals surface area contributed by atoms with Gasteiger partial charge in [0.2, 0.25) is 0 Å². The maximum Gasteiger partial charge on any atom is 0.185 e. The van der Waals surface area contributed by atoms with Crippen LogP contribution in [0.25, 0.3) is 0 Å². The first-order valence-corrected chi connectivity index (χ1v) is 9.97. The van der Waals surface area contributed by atoms with E-state index in [1.807, 2.05) is 19.1 Å². The average Bonchev–Trinajstić information content (AvgIpc) is 2.67. The van der Waals surface area contributed by atoms with E-state index in [9.17, 15) is 13.2 Å². The Morgan fingerprint density at radius 1 is 0.808 bits per heavy atom. The summed E-state index contributed by atoms with van der Waals surface area (Å²) < 4.78 is 26.5. The van der Waals surface area contributed by atoms with Gasteiger partial charge in [-0.25, -0.2) is 8.42 Å². The van der Waals surface area contributed by atoms with Crippen molar-refractivity contribution < 1.29 is 13.2 Å². The van der Waals surface area contributed by atoms with Gasteiger partial charge >= 0.3 is 0 Å². The van der Waals surface area contributed by atoms with E-state index in [2.05, 4.69) is 0 Å². The van der Waals surface area contributed by atoms with E-state index in [4.69, 9.17) is 0 Å². The lowest BCUT2D eigenvalue weighted by Crippen LogP contribution is -2.18. The Balaban J connectivity index is 2.01. The van der Waals surface area contributed by atoms with E-state index in [1.165, 1.54) is 0 Å². The van der Waals surface area contributed by atoms with Crippen molar-refractivity contribution in [3.63, 3.8) is 0 Å². The monoisotopic (exact) mass is 364 g/mol. The van der Waals surface area contributed by atoms with Gasteiger partial charge in [0.1, 0.15) is 0 Å². The van der Waals surface area contributed by atoms with Crippen molar-refractivity contribution in [3.8, 4) is 0 Å². The van der Waals surface area contributed by atoms with E-state index >= 15 is 0 Å². The van der Waals surface area contributed by atoms with Crippen molar-refractivity contribution >= 4 is 15.6 Å². The molecule has 0 aliphatic heterocycles. The van der Waals surface area contributed by atoms with Crippen LogP contribution in [0.2, 0.25) is 0 Å². The number of rotatable bonds is 6. The zero-order chi connectivity index (χ0) is 18.6. The number of Topliss-reactive ketones (excluding diaryl/α,β-unsaturated/α-hetero) is 1. The van der Waals surface area contributed by atoms with E-state index in [1.54, 1.807) is 72.8 Å². The first-order valence-electron chi connectivity index (χ1n) is 8.42. The van der Waals surface area contributed by atoms with Crippen LogP contribution in [0.4, 0.5) is 0 Å². The number of ketones is 1. The highest BCUT2D eigenvalue weighted by molar-refractivity contribution is 7.91. The second-order valence-corrected chi connectivity index (χ2v) is 8.38. The van der Waals surface area contributed by atoms with Crippen LogP contribution in [0.3, 0.4) is 0 Å². The van der Waals surface area contributed by atoms with Gasteiger partial charge in [-0.1, -0.05) is 78.4 Å². The summed E-state index contributed by atoms with van der Waals surface area (Å²) in [5.74, 6) is -0.185. The van der Waals surface area contributed by atoms with Gasteiger partial charge in [0.25, 0.3) is 0 Å². The Morgan fingerprint density at radius 2 is 1.35 bits per heavy atom. The fourth-order valence-electron chi connectivity index (χ4n) is 2.88. The van der Waals surface area contributed by atoms with E-state index < -0.39 is 15.1 Å². The highest BCUT2D eigenvalue weighted by Crippen LogP contribution is 2.33. The van der Waals surface area contributed by atoms with Crippen LogP contribution >= 0.6 is 0 Å². The molecule has 26 heavy (non-hydrogen) atoms. The summed E-state index contributed by atoms with van der Waals surface area (Å²) in [4.78, 5) is 12.9. The van der Waals surface area contributed by atoms with Crippen LogP contribution in [0.1, 0.15) is 33.2 Å². The summed E-state index contributed by atoms with van der Waals surface area (Å²) in [7, 11) is -3.69. The predicted molar refractivity (Wildman–Crippen MR) is 103 cm³/mol. The molecule has 132 valence electrons. The number of aryl methyl sites for hydroxylation is 1. The predicted octanol–water partition coefficient (Wildman–Crippen LogP) is 4.78. The molecule has 0 fully saturated rings. The smallest absolute Gasteiger partial charge is 0.185 e. The number of benzene rings is 3. The minimum absolute atomic E-state index is 0.0930. The largest absolute Gasteiger partial charge is 0.294 e. The van der Waals surface area contributed by atoms with Crippen molar-refractivity contribution in [3.05, 3.63) is 102 Å². The van der Waals surface area contributed by atoms with Gasteiger partial charge in [-0.05, 0) is 24.6 Å². The molecule has 3 rings (SSSR count). The third-order valence-corrected chi connectivity index (χ3v) is 6.48. The van der Waals surface area contributed by atoms with Crippen molar-refractivity contribution in [1.29, 1.82) is 0 Å². The fourth-order valence-corrected chi connectivity index (χ4v) is 4.61. The van der Waals surface area contributed by atoms with Crippen LogP contribution in [-0.2, 0) is 9.84 Å². The van der Waals surface area contributed by atoms with Crippen LogP contribution < -0.4 is 0 Å². The zero-order valence-electron chi connectivity index (χ0n) is 14.5. The molecule has 0 aromatic heterocycles. The molecule has 0 saturated heterocycles. The van der Waals surface area contributed by atoms with Crippen molar-refractivity contribution in [2.45, 2.75) is 23.5 Å². The molecule has 0 bridgehead atoms. The van der Waals surface area contributed by atoms with Crippen LogP contribution in [0.15, 0.2) is 89.8 Å². The Labute approximate surface area is 154 Å². The number of hydrogen-bond donors (Lipinski definition) is 0. The summed E-state index contributed by atoms with van der Waals surface area (Å²) in [5, 5.41) is -0.917. The number of carbonyl (C=O) groups is 1. The van der Waals surface area contributed by atoms with Gasteiger partial charge in [0, 0.05) is 12.0 Å². The molecular formula is C22H20O3S. The molecule has 0 N–H and O–H groups in total. The SMILES string of the molecule is Cc1ccc(S(=O)(=O)[C@H](CC(=O)c2ccccc2)c2ccccc2)cc1. The molecule has 0 spiro atoms. The molecular weight excluding hydrogens is 344 g/mol. The van der Waals surface area contributed by atoms with Gasteiger partial charge < -0.3 is 0 Å². The zero-order valence-corrected chi connectivity index (χ0v) is 15.3. The molecule has 0 unspecified atom stereocenters. The third-order valence-electron chi connectivity index (χ3n) is 4.36. The summed E-state index contributed by atoms with van der Waals surface area (Å²) >= 11 is 0. The number of carbonyl (C=O) groups excluding carboxylic acids is 1. The highest BCUT2D eigenvalue weighted by atomic mass is 32.2. The van der Waals surface area contributed by atoms with Crippen molar-refractivity contribution in [1.82, 2.24) is 0 Å². The lowest BCUT2D eigenvalue weighted by Gasteiger charge is -2.18. The molecule has 0 amide bonds. The van der Waals surface area contributed by atoms with Gasteiger partial charge in [-0.3, -0.25) is 4.79 Å². The lowest BCUT2D eigenvalue weighted by atomic mass is 10.0. The van der Waals surface area contributed by atoms with Gasteiger partial charge in [-0.15, -0.1) is 0 Å². The van der Waals surface area contributed by atoms with Crippen molar-refractivity contribution in [2.75, 3.05) is 0 Å². The van der Waals surface area contributed by atoms with E-state index in [0.717, 1.165) is 5.56 Å². The molecule has 0 aliphatic rings. The second-order valence-electron chi connectivity index (χ2n) is 6.25. The van der Waals surface area contributed by atoms with E-state index in [-0.39, 0.29) is 17.1 Å². The average molecular weight is 364 g/mol. The molecule has 3 aromatic rings. The molecule has 3 nitrogen and oxygen atoms in total. The molecule has 0 radical (unpaired) electrons. The minimum Gasteiger partial charge on any atom is -0.294 e. The molecule has 3 aromatic carbocycles. The fraction of sp³-hybridized carbons (Fsp3) is 0.136. The topological polar surface area (TPSA) is 51.2 Å². The van der Waals surface area contributed by atoms with Crippen LogP contribution in [-0.4, -0.2) is 14.2 Å². The molecule has 0 heterocycles. The summed E-state index contributed by atoms with van der Waals surface area (Å²) in [6, 6.07) is 24.5. The summed E-state index contributed by atoms with van der Waals surface area (Å²) in [6.07, 6.45) is -0.0930. The Kier molecular flexibility index (Phi) is 5.33. The highest BCUT2D eigenvalue weighted by Gasteiger charge is 2.31. The third kappa shape index (κ3) is 3.92. The number of hydrogen-bond acceptors (Lipinski definition) is 3. The maximum atomic E-state index is 13.3. The van der Waals surface area contributed by atoms with Gasteiger partial charge in [0.15, 0.2) is 15.6 Å². The quantitative estimate of drug-likeness (QED) is 0.591. The molecule has 0 aliphatic carbocycles. The Morgan fingerprint density at radius 3 is 1.92 bits per heavy atom. The van der Waals surface area contributed by atoms with E-state index in [0.29, 0.717) is 11.1 Å². The van der Waals surface area contributed by atoms with Crippen LogP contribution in [0.5, 0.6) is 0 Å². The minimum atomic E-state index is -3.69. The molecule has 1 atom stereocenters. The summed E-state index contributed by atoms with van der Waals surface area (Å²) in [6.45, 7) is 1.91. The Bertz CT molecular complexity index is 977. The normalized spacial score (nSPS) is 12.5. The van der Waals surface area contributed by atoms with Gasteiger partial charge in [0.05, 0.1) is 10.1 Å². The number of sulfone groups is 1. The standard InChI is InChI=1S/C22H20O3S/c1-17-12-14-20(15-13-17)26(24,25)22(19-10-6-3-7-11-19)16-21(23)18-8-4-2-5-9-18/h2-15,22H,16H2,1H3/t22-/m1/s1. The summed E-state index contributed by atoms with van der Waals surface area (Å²) in [5.41, 5.74) is 2.13. The van der Waals surface area contributed by atoms with Crippen molar-refractivity contribution in [2.24, 2.45) is 0 Å². The Hall–Kier alpha value is -2.72. The molecule has 4 heteroatoms. The molecule has 0 saturated carbocycles. The second kappa shape index (κ2) is 7.67. The first kappa shape index (κ1) is 18.1. The maximum absolute atomic E-state index is 13.3. The lowest BCUT2D eigenvalue weighted by molar-refractivity contribution is 0.0980.